The van der Waals surface area contributed by atoms with Crippen molar-refractivity contribution in [3.8, 4) is 0 Å². The lowest BCUT2D eigenvalue weighted by Gasteiger charge is -2.19. The van der Waals surface area contributed by atoms with Crippen LogP contribution in [0.1, 0.15) is 17.2 Å². The minimum Gasteiger partial charge on any atom is -0.370 e. The molecule has 9 nitrogen and oxygen atoms in total. The number of benzene rings is 3. The average Bonchev–Trinajstić information content (AvgIpc) is 2.77. The van der Waals surface area contributed by atoms with Crippen LogP contribution in [0, 0.1) is 20.2 Å². The molecule has 3 aromatic rings. The molecule has 30 heavy (non-hydrogen) atoms. The van der Waals surface area contributed by atoms with Gasteiger partial charge in [0, 0.05) is 18.7 Å². The zero-order valence-corrected chi connectivity index (χ0v) is 16.0. The van der Waals surface area contributed by atoms with Gasteiger partial charge in [-0.3, -0.25) is 25.7 Å². The van der Waals surface area contributed by atoms with Gasteiger partial charge in [-0.25, -0.2) is 0 Å². The summed E-state index contributed by atoms with van der Waals surface area (Å²) in [6.07, 6.45) is -0.543. The van der Waals surface area contributed by atoms with E-state index in [-0.39, 0.29) is 11.4 Å². The third-order valence-electron chi connectivity index (χ3n) is 4.34. The number of hydrogen-bond acceptors (Lipinski definition) is 7. The molecule has 9 heteroatoms. The zero-order chi connectivity index (χ0) is 21.5. The van der Waals surface area contributed by atoms with Crippen LogP contribution in [0.25, 0.3) is 0 Å². The summed E-state index contributed by atoms with van der Waals surface area (Å²) in [4.78, 5) is 20.9. The maximum atomic E-state index is 11.4. The molecular formula is C21H18N4O5. The van der Waals surface area contributed by atoms with Gasteiger partial charge in [0.1, 0.15) is 17.5 Å². The van der Waals surface area contributed by atoms with Crippen LogP contribution in [0.5, 0.6) is 0 Å². The van der Waals surface area contributed by atoms with Crippen LogP contribution in [-0.2, 0) is 4.74 Å². The van der Waals surface area contributed by atoms with Crippen LogP contribution in [-0.4, -0.2) is 22.7 Å². The average molecular weight is 406 g/mol. The number of ether oxygens (including phenoxy) is 1. The van der Waals surface area contributed by atoms with Crippen LogP contribution in [0.15, 0.2) is 84.0 Å². The number of rotatable bonds is 8. The highest BCUT2D eigenvalue weighted by molar-refractivity contribution is 6.04. The minimum atomic E-state index is -0.696. The highest BCUT2D eigenvalue weighted by Gasteiger charge is 2.22. The number of nitro benzene ring substituents is 2. The van der Waals surface area contributed by atoms with Crippen LogP contribution >= 0.6 is 0 Å². The van der Waals surface area contributed by atoms with Crippen molar-refractivity contribution in [2.24, 2.45) is 5.10 Å². The Kier molecular flexibility index (Phi) is 6.46. The monoisotopic (exact) mass is 406 g/mol. The van der Waals surface area contributed by atoms with Gasteiger partial charge in [-0.2, -0.15) is 5.10 Å². The molecule has 0 amide bonds. The van der Waals surface area contributed by atoms with E-state index in [0.29, 0.717) is 5.71 Å². The van der Waals surface area contributed by atoms with Crippen LogP contribution in [0.2, 0.25) is 0 Å². The van der Waals surface area contributed by atoms with Gasteiger partial charge in [0.2, 0.25) is 0 Å². The molecule has 0 bridgehead atoms. The van der Waals surface area contributed by atoms with E-state index in [2.05, 4.69) is 10.5 Å². The second-order valence-electron chi connectivity index (χ2n) is 6.22. The van der Waals surface area contributed by atoms with Crippen LogP contribution in [0.3, 0.4) is 0 Å². The highest BCUT2D eigenvalue weighted by Crippen LogP contribution is 2.30. The van der Waals surface area contributed by atoms with E-state index < -0.39 is 21.6 Å². The summed E-state index contributed by atoms with van der Waals surface area (Å²) in [7, 11) is 1.55. The van der Waals surface area contributed by atoms with E-state index in [1.165, 1.54) is 12.1 Å². The first-order valence-corrected chi connectivity index (χ1v) is 8.91. The Balaban J connectivity index is 2.05. The van der Waals surface area contributed by atoms with E-state index in [4.69, 9.17) is 4.74 Å². The van der Waals surface area contributed by atoms with E-state index in [9.17, 15) is 20.2 Å². The number of non-ortho nitro benzene ring substituents is 1. The highest BCUT2D eigenvalue weighted by atomic mass is 16.6. The number of hydrogen-bond donors (Lipinski definition) is 1. The van der Waals surface area contributed by atoms with Gasteiger partial charge < -0.3 is 4.74 Å². The lowest BCUT2D eigenvalue weighted by atomic mass is 9.99. The Morgan fingerprint density at radius 3 is 2.13 bits per heavy atom. The van der Waals surface area contributed by atoms with Crippen molar-refractivity contribution in [3.63, 3.8) is 0 Å². The molecule has 1 unspecified atom stereocenters. The lowest BCUT2D eigenvalue weighted by Crippen LogP contribution is -2.18. The summed E-state index contributed by atoms with van der Waals surface area (Å²) in [5, 5.41) is 26.7. The lowest BCUT2D eigenvalue weighted by molar-refractivity contribution is -0.393. The first-order valence-electron chi connectivity index (χ1n) is 8.91. The topological polar surface area (TPSA) is 120 Å². The van der Waals surface area contributed by atoms with E-state index in [0.717, 1.165) is 17.2 Å². The number of nitrogens with zero attached hydrogens (tertiary/aromatic N) is 3. The molecule has 3 rings (SSSR count). The molecule has 0 aliphatic carbocycles. The molecule has 1 atom stereocenters. The molecule has 0 saturated heterocycles. The third kappa shape index (κ3) is 4.65. The third-order valence-corrected chi connectivity index (χ3v) is 4.34. The summed E-state index contributed by atoms with van der Waals surface area (Å²) in [5.41, 5.74) is 3.99. The largest absolute Gasteiger partial charge is 0.370 e. The van der Waals surface area contributed by atoms with Gasteiger partial charge in [-0.1, -0.05) is 60.7 Å². The quantitative estimate of drug-likeness (QED) is 0.329. The Labute approximate surface area is 171 Å². The molecule has 0 radical (unpaired) electrons. The number of nitro groups is 2. The predicted molar refractivity (Wildman–Crippen MR) is 113 cm³/mol. The molecule has 152 valence electrons. The molecule has 0 aliphatic heterocycles. The summed E-state index contributed by atoms with van der Waals surface area (Å²) < 4.78 is 5.68. The van der Waals surface area contributed by atoms with Gasteiger partial charge in [0.05, 0.1) is 15.9 Å². The van der Waals surface area contributed by atoms with Gasteiger partial charge in [0.25, 0.3) is 5.69 Å². The first-order chi connectivity index (χ1) is 14.5. The molecule has 1 N–H and O–H groups in total. The minimum absolute atomic E-state index is 0.0296. The molecular weight excluding hydrogens is 388 g/mol. The zero-order valence-electron chi connectivity index (χ0n) is 16.0. The fraction of sp³-hybridized carbons (Fsp3) is 0.0952. The Bertz CT molecular complexity index is 1070. The second-order valence-corrected chi connectivity index (χ2v) is 6.22. The number of nitrogens with one attached hydrogen (secondary N) is 1. The van der Waals surface area contributed by atoms with Gasteiger partial charge >= 0.3 is 5.69 Å². The molecule has 0 fully saturated rings. The molecule has 3 aromatic carbocycles. The van der Waals surface area contributed by atoms with Gasteiger partial charge in [0.15, 0.2) is 0 Å². The first kappa shape index (κ1) is 20.6. The summed E-state index contributed by atoms with van der Waals surface area (Å²) in [6, 6.07) is 22.0. The molecule has 0 aliphatic rings. The number of methoxy groups -OCH3 is 1. The van der Waals surface area contributed by atoms with Crippen molar-refractivity contribution in [1.29, 1.82) is 0 Å². The second kappa shape index (κ2) is 9.39. The van der Waals surface area contributed by atoms with E-state index in [1.807, 2.05) is 60.7 Å². The predicted octanol–water partition coefficient (Wildman–Crippen LogP) is 4.71. The van der Waals surface area contributed by atoms with Crippen molar-refractivity contribution < 1.29 is 14.6 Å². The fourth-order valence-corrected chi connectivity index (χ4v) is 2.92. The standard InChI is InChI=1S/C21H18N4O5/c1-30-21(16-10-6-3-7-11-16)20(15-8-4-2-5-9-15)23-22-18-13-12-17(24(26)27)14-19(18)25(28)29/h2-14,21-22H,1H3/b23-20+. The Hall–Kier alpha value is -4.11. The van der Waals surface area contributed by atoms with E-state index in [1.54, 1.807) is 7.11 Å². The Morgan fingerprint density at radius 1 is 0.933 bits per heavy atom. The summed E-state index contributed by atoms with van der Waals surface area (Å²) >= 11 is 0. The van der Waals surface area contributed by atoms with E-state index >= 15 is 0 Å². The normalized spacial score (nSPS) is 12.2. The van der Waals surface area contributed by atoms with Crippen molar-refractivity contribution >= 4 is 22.8 Å². The smallest absolute Gasteiger partial charge is 0.301 e. The summed E-state index contributed by atoms with van der Waals surface area (Å²) in [5.74, 6) is 0. The SMILES string of the molecule is COC(/C(=N/Nc1ccc([N+](=O)[O-])cc1[N+](=O)[O-])c1ccccc1)c1ccccc1. The molecule has 0 saturated carbocycles. The van der Waals surface area contributed by atoms with Crippen LogP contribution in [0.4, 0.5) is 17.1 Å². The van der Waals surface area contributed by atoms with Gasteiger partial charge in [-0.05, 0) is 11.6 Å². The van der Waals surface area contributed by atoms with Crippen molar-refractivity contribution in [2.45, 2.75) is 6.10 Å². The molecule has 0 aromatic heterocycles. The van der Waals surface area contributed by atoms with Gasteiger partial charge in [-0.15, -0.1) is 0 Å². The summed E-state index contributed by atoms with van der Waals surface area (Å²) in [6.45, 7) is 0. The molecule has 0 spiro atoms. The van der Waals surface area contributed by atoms with Crippen LogP contribution < -0.4 is 5.43 Å². The van der Waals surface area contributed by atoms with Crippen molar-refractivity contribution in [3.05, 3.63) is 110 Å². The maximum Gasteiger partial charge on any atom is 0.301 e. The fourth-order valence-electron chi connectivity index (χ4n) is 2.92. The van der Waals surface area contributed by atoms with Crippen molar-refractivity contribution in [1.82, 2.24) is 0 Å². The van der Waals surface area contributed by atoms with Crippen molar-refractivity contribution in [2.75, 3.05) is 12.5 Å². The Morgan fingerprint density at radius 2 is 1.57 bits per heavy atom. The number of anilines is 1. The number of hydrazone groups is 1. The maximum absolute atomic E-state index is 11.4. The molecule has 0 heterocycles.